The second-order valence-electron chi connectivity index (χ2n) is 14.4. The zero-order chi connectivity index (χ0) is 43.1. The summed E-state index contributed by atoms with van der Waals surface area (Å²) in [6.07, 6.45) is -4.85. The van der Waals surface area contributed by atoms with Gasteiger partial charge in [-0.1, -0.05) is 72.7 Å². The van der Waals surface area contributed by atoms with Gasteiger partial charge in [0.1, 0.15) is 35.8 Å². The third kappa shape index (κ3) is 10.2. The van der Waals surface area contributed by atoms with Crippen LogP contribution in [0.4, 0.5) is 29.7 Å². The van der Waals surface area contributed by atoms with E-state index in [4.69, 9.17) is 34.1 Å². The second kappa shape index (κ2) is 18.7. The zero-order valence-corrected chi connectivity index (χ0v) is 32.7. The third-order valence-corrected chi connectivity index (χ3v) is 10.2. The minimum atomic E-state index is -5.08. The maximum atomic E-state index is 12.8. The summed E-state index contributed by atoms with van der Waals surface area (Å²) < 4.78 is 43.3. The Morgan fingerprint density at radius 1 is 0.951 bits per heavy atom. The molecule has 2 aliphatic heterocycles. The number of carboxylic acids is 1. The molecule has 2 fully saturated rings. The first-order chi connectivity index (χ1) is 29.4. The van der Waals surface area contributed by atoms with E-state index in [2.05, 4.69) is 55.3 Å². The number of hydrogen-bond donors (Lipinski definition) is 7. The van der Waals surface area contributed by atoms with Crippen molar-refractivity contribution in [1.29, 1.82) is 0 Å². The molecule has 2 aromatic carbocycles. The number of carbonyl (C=O) groups is 2. The number of aromatic nitrogens is 6. The van der Waals surface area contributed by atoms with Crippen molar-refractivity contribution in [2.24, 2.45) is 0 Å². The van der Waals surface area contributed by atoms with Crippen LogP contribution < -0.4 is 20.9 Å². The van der Waals surface area contributed by atoms with Crippen molar-refractivity contribution in [3.05, 3.63) is 125 Å². The number of aryl methyl sites for hydroxylation is 1. The molecule has 4 aromatic heterocycles. The predicted molar refractivity (Wildman–Crippen MR) is 213 cm³/mol. The molecule has 0 bridgehead atoms. The number of alkyl halides is 3. The van der Waals surface area contributed by atoms with Crippen LogP contribution in [0.2, 0.25) is 0 Å². The number of aliphatic carboxylic acids is 1. The van der Waals surface area contributed by atoms with Crippen LogP contribution >= 0.6 is 0 Å². The van der Waals surface area contributed by atoms with Crippen molar-refractivity contribution in [3.8, 4) is 0 Å². The van der Waals surface area contributed by atoms with E-state index in [1.807, 2.05) is 60.4 Å². The normalized spacial score (nSPS) is 20.0. The van der Waals surface area contributed by atoms with E-state index in [9.17, 15) is 28.2 Å². The van der Waals surface area contributed by atoms with Gasteiger partial charge in [0.2, 0.25) is 5.95 Å². The number of halogens is 3. The lowest BCUT2D eigenvalue weighted by Gasteiger charge is -2.21. The number of rotatable bonds is 12. The molecule has 0 aliphatic carbocycles. The molecule has 61 heavy (non-hydrogen) atoms. The fourth-order valence-electron chi connectivity index (χ4n) is 7.05. The molecule has 2 aliphatic rings. The highest BCUT2D eigenvalue weighted by atomic mass is 19.4. The highest BCUT2D eigenvalue weighted by Crippen LogP contribution is 2.41. The molecule has 8 rings (SSSR count). The number of anilines is 2. The Balaban J connectivity index is 0.000000739. The van der Waals surface area contributed by atoms with E-state index in [-0.39, 0.29) is 18.0 Å². The number of amides is 2. The monoisotopic (exact) mass is 844 g/mol. The maximum Gasteiger partial charge on any atom is 0.490 e. The first kappa shape index (κ1) is 42.5. The summed E-state index contributed by atoms with van der Waals surface area (Å²) >= 11 is 0. The van der Waals surface area contributed by atoms with E-state index in [1.165, 1.54) is 0 Å². The molecule has 6 heterocycles. The van der Waals surface area contributed by atoms with Crippen molar-refractivity contribution in [2.75, 3.05) is 29.9 Å². The number of H-pyrrole nitrogens is 1. The Bertz CT molecular complexity index is 2350. The van der Waals surface area contributed by atoms with Crippen molar-refractivity contribution in [1.82, 2.24) is 40.7 Å². The summed E-state index contributed by atoms with van der Waals surface area (Å²) in [4.78, 5) is 45.6. The lowest BCUT2D eigenvalue weighted by Crippen LogP contribution is -2.43. The van der Waals surface area contributed by atoms with E-state index >= 15 is 0 Å². The number of nitrogens with one attached hydrogen (secondary N) is 4. The number of imidazole rings is 1. The molecule has 7 N–H and O–H groups in total. The summed E-state index contributed by atoms with van der Waals surface area (Å²) in [5.41, 5.74) is 4.85. The van der Waals surface area contributed by atoms with Gasteiger partial charge in [-0.25, -0.2) is 14.6 Å². The van der Waals surface area contributed by atoms with Gasteiger partial charge < -0.3 is 50.4 Å². The van der Waals surface area contributed by atoms with Crippen LogP contribution in [-0.2, 0) is 22.5 Å². The van der Waals surface area contributed by atoms with Gasteiger partial charge in [-0.05, 0) is 41.7 Å². The van der Waals surface area contributed by atoms with Crippen molar-refractivity contribution in [3.63, 3.8) is 0 Å². The van der Waals surface area contributed by atoms with Crippen LogP contribution in [0.3, 0.4) is 0 Å². The number of hydrogen-bond acceptors (Lipinski definition) is 13. The van der Waals surface area contributed by atoms with Gasteiger partial charge in [0.25, 0.3) is 0 Å². The minimum absolute atomic E-state index is 0.0000887. The van der Waals surface area contributed by atoms with E-state index < -0.39 is 36.6 Å². The first-order valence-corrected chi connectivity index (χ1v) is 19.4. The van der Waals surface area contributed by atoms with Crippen molar-refractivity contribution in [2.45, 2.75) is 68.9 Å². The number of fused-ring (bicyclic) bond motifs is 1. The molecule has 20 heteroatoms. The van der Waals surface area contributed by atoms with Crippen LogP contribution in [0.25, 0.3) is 11.2 Å². The second-order valence-corrected chi connectivity index (χ2v) is 14.4. The number of benzene rings is 2. The minimum Gasteiger partial charge on any atom is -0.475 e. The van der Waals surface area contributed by atoms with Crippen LogP contribution in [0.5, 0.6) is 0 Å². The number of ether oxygens (including phenoxy) is 1. The Labute approximate surface area is 346 Å². The molecular formula is C41H43F3N10O7. The Kier molecular flexibility index (Phi) is 13.0. The number of aliphatic hydroxyl groups is 2. The van der Waals surface area contributed by atoms with Crippen LogP contribution in [-0.4, -0.2) is 101 Å². The number of pyridine rings is 1. The summed E-state index contributed by atoms with van der Waals surface area (Å²) in [5, 5.41) is 42.9. The highest BCUT2D eigenvalue weighted by molar-refractivity contribution is 5.84. The predicted octanol–water partition coefficient (Wildman–Crippen LogP) is 4.79. The highest BCUT2D eigenvalue weighted by Gasteiger charge is 2.47. The van der Waals surface area contributed by atoms with Gasteiger partial charge >= 0.3 is 18.2 Å². The molecule has 320 valence electrons. The zero-order valence-electron chi connectivity index (χ0n) is 32.7. The number of carboxylic acid groups (broad SMARTS) is 1. The van der Waals surface area contributed by atoms with Crippen molar-refractivity contribution < 1.29 is 47.3 Å². The maximum absolute atomic E-state index is 12.8. The molecule has 17 nitrogen and oxygen atoms in total. The van der Waals surface area contributed by atoms with E-state index in [0.717, 1.165) is 22.4 Å². The molecular weight excluding hydrogens is 802 g/mol. The SMILES string of the molecule is CCc1cc([C@H]2O[C@H](c3nc4nc(N5CC[C@@H](NC(=O)NCc6ccncc6)C5)nc(NCC(c5ccccc5)c5ccccc5)c4[nH]3)[C@H](O)[C@@H]2O)on1.O=C(O)C(F)(F)F. The van der Waals surface area contributed by atoms with Gasteiger partial charge in [0.05, 0.1) is 5.69 Å². The number of nitrogens with zero attached hydrogens (tertiary/aromatic N) is 6. The fourth-order valence-corrected chi connectivity index (χ4v) is 7.05. The van der Waals surface area contributed by atoms with Crippen LogP contribution in [0, 0.1) is 0 Å². The number of aliphatic hydroxyl groups excluding tert-OH is 2. The summed E-state index contributed by atoms with van der Waals surface area (Å²) in [7, 11) is 0. The summed E-state index contributed by atoms with van der Waals surface area (Å²) in [6, 6.07) is 25.6. The number of aromatic amines is 1. The lowest BCUT2D eigenvalue weighted by atomic mass is 9.91. The molecule has 2 amide bonds. The van der Waals surface area contributed by atoms with Crippen LogP contribution in [0.1, 0.15) is 65.4 Å². The van der Waals surface area contributed by atoms with Gasteiger partial charge in [0.15, 0.2) is 17.2 Å². The Morgan fingerprint density at radius 3 is 2.23 bits per heavy atom. The molecule has 0 saturated carbocycles. The summed E-state index contributed by atoms with van der Waals surface area (Å²) in [5.74, 6) is -1.17. The molecule has 0 spiro atoms. The molecule has 0 unspecified atom stereocenters. The van der Waals surface area contributed by atoms with Gasteiger partial charge in [-0.15, -0.1) is 0 Å². The van der Waals surface area contributed by atoms with E-state index in [0.29, 0.717) is 73.5 Å². The van der Waals surface area contributed by atoms with E-state index in [1.54, 1.807) is 18.5 Å². The summed E-state index contributed by atoms with van der Waals surface area (Å²) in [6.45, 7) is 3.96. The van der Waals surface area contributed by atoms with Crippen LogP contribution in [0.15, 0.2) is 95.8 Å². The quantitative estimate of drug-likeness (QED) is 0.0878. The van der Waals surface area contributed by atoms with Gasteiger partial charge in [-0.2, -0.15) is 23.1 Å². The largest absolute Gasteiger partial charge is 0.490 e. The molecule has 2 saturated heterocycles. The number of carbonyl (C=O) groups excluding carboxylic acids is 1. The fraction of sp³-hybridized carbons (Fsp3) is 0.341. The Hall–Kier alpha value is -6.64. The molecule has 5 atom stereocenters. The topological polar surface area (TPSA) is 237 Å². The standard InChI is InChI=1S/C39H42N10O5.C2HF3O2/c1-2-26-19-29(54-48-26)33-31(50)32(51)34(53-33)37-44-30-35(41-21-28(24-9-5-3-6-10-24)25-11-7-4-8-12-25)46-38(47-36(30)45-37)49-18-15-27(22-49)43-39(52)42-20-23-13-16-40-17-14-23;3-2(4,5)1(6)7/h3-14,16-17,19,27-28,31-34,50-51H,2,15,18,20-22H2,1H3,(H2,42,43,52)(H2,41,44,45,46,47);(H,6,7)/t27-,31+,32-,33-,34+;/m1./s1. The van der Waals surface area contributed by atoms with Gasteiger partial charge in [-0.3, -0.25) is 4.98 Å². The smallest absolute Gasteiger partial charge is 0.475 e. The Morgan fingerprint density at radius 2 is 1.61 bits per heavy atom. The first-order valence-electron chi connectivity index (χ1n) is 19.4. The van der Waals surface area contributed by atoms with Gasteiger partial charge in [0, 0.05) is 56.6 Å². The molecule has 6 aromatic rings. The number of urea groups is 1. The lowest BCUT2D eigenvalue weighted by molar-refractivity contribution is -0.192. The average molecular weight is 845 g/mol. The molecule has 0 radical (unpaired) electrons. The average Bonchev–Trinajstić information content (AvgIpc) is 4.08. The third-order valence-electron chi connectivity index (χ3n) is 10.2. The van der Waals surface area contributed by atoms with Crippen molar-refractivity contribution >= 4 is 34.9 Å².